The van der Waals surface area contributed by atoms with Crippen LogP contribution < -0.4 is 4.74 Å². The second-order valence-electron chi connectivity index (χ2n) is 4.10. The summed E-state index contributed by atoms with van der Waals surface area (Å²) in [5.74, 6) is 0.845. The molecule has 2 N–H and O–H groups in total. The van der Waals surface area contributed by atoms with E-state index in [1.807, 2.05) is 25.1 Å². The van der Waals surface area contributed by atoms with E-state index in [4.69, 9.17) is 4.74 Å². The first-order valence-corrected chi connectivity index (χ1v) is 5.55. The summed E-state index contributed by atoms with van der Waals surface area (Å²) in [5, 5.41) is 18.8. The molecule has 0 fully saturated rings. The molecule has 16 heavy (non-hydrogen) atoms. The average Bonchev–Trinajstić information content (AvgIpc) is 2.26. The monoisotopic (exact) mass is 224 g/mol. The summed E-state index contributed by atoms with van der Waals surface area (Å²) < 4.78 is 5.27. The van der Waals surface area contributed by atoms with Crippen LogP contribution in [0.1, 0.15) is 24.5 Å². The summed E-state index contributed by atoms with van der Waals surface area (Å²) >= 11 is 0. The van der Waals surface area contributed by atoms with Crippen LogP contribution in [0.4, 0.5) is 0 Å². The highest BCUT2D eigenvalue weighted by Crippen LogP contribution is 2.23. The molecule has 1 rings (SSSR count). The standard InChI is InChI=1S/C13H20O3/c1-9-5-4-6-13(16-3)11(9)7-8-12(15)10(2)14/h4-6,10,12,14-15H,7-8H2,1-3H3. The minimum Gasteiger partial charge on any atom is -0.496 e. The Kier molecular flexibility index (Phi) is 4.77. The normalized spacial score (nSPS) is 14.6. The van der Waals surface area contributed by atoms with Crippen molar-refractivity contribution in [2.24, 2.45) is 0 Å². The number of aryl methyl sites for hydroxylation is 1. The Morgan fingerprint density at radius 3 is 2.56 bits per heavy atom. The van der Waals surface area contributed by atoms with Gasteiger partial charge >= 0.3 is 0 Å². The molecule has 0 heterocycles. The lowest BCUT2D eigenvalue weighted by molar-refractivity contribution is 0.0264. The third-order valence-corrected chi connectivity index (χ3v) is 2.83. The van der Waals surface area contributed by atoms with E-state index in [9.17, 15) is 10.2 Å². The minimum absolute atomic E-state index is 0.541. The maximum atomic E-state index is 9.55. The Hall–Kier alpha value is -1.06. The highest BCUT2D eigenvalue weighted by Gasteiger charge is 2.13. The van der Waals surface area contributed by atoms with Gasteiger partial charge in [-0.2, -0.15) is 0 Å². The first kappa shape index (κ1) is 13.0. The van der Waals surface area contributed by atoms with Crippen molar-refractivity contribution < 1.29 is 14.9 Å². The summed E-state index contributed by atoms with van der Waals surface area (Å²) in [7, 11) is 1.64. The van der Waals surface area contributed by atoms with Crippen LogP contribution >= 0.6 is 0 Å². The molecular weight excluding hydrogens is 204 g/mol. The van der Waals surface area contributed by atoms with Crippen molar-refractivity contribution >= 4 is 0 Å². The van der Waals surface area contributed by atoms with Gasteiger partial charge in [0.05, 0.1) is 19.3 Å². The van der Waals surface area contributed by atoms with Crippen LogP contribution in [0.2, 0.25) is 0 Å². The van der Waals surface area contributed by atoms with Crippen LogP contribution in [-0.2, 0) is 6.42 Å². The van der Waals surface area contributed by atoms with Gasteiger partial charge in [0.2, 0.25) is 0 Å². The molecule has 3 nitrogen and oxygen atoms in total. The van der Waals surface area contributed by atoms with Crippen LogP contribution in [0, 0.1) is 6.92 Å². The molecule has 0 aliphatic carbocycles. The summed E-state index contributed by atoms with van der Waals surface area (Å²) in [5.41, 5.74) is 2.25. The Bertz CT molecular complexity index is 334. The summed E-state index contributed by atoms with van der Waals surface area (Å²) in [6, 6.07) is 5.88. The smallest absolute Gasteiger partial charge is 0.122 e. The van der Waals surface area contributed by atoms with E-state index in [-0.39, 0.29) is 0 Å². The van der Waals surface area contributed by atoms with Gasteiger partial charge in [-0.05, 0) is 43.9 Å². The molecule has 0 aliphatic heterocycles. The number of rotatable bonds is 5. The highest BCUT2D eigenvalue weighted by atomic mass is 16.5. The van der Waals surface area contributed by atoms with Crippen LogP contribution in [0.5, 0.6) is 5.75 Å². The number of benzene rings is 1. The predicted molar refractivity (Wildman–Crippen MR) is 63.7 cm³/mol. The molecule has 0 saturated heterocycles. The molecule has 0 radical (unpaired) electrons. The van der Waals surface area contributed by atoms with Gasteiger partial charge < -0.3 is 14.9 Å². The highest BCUT2D eigenvalue weighted by molar-refractivity contribution is 5.39. The van der Waals surface area contributed by atoms with Gasteiger partial charge in [0, 0.05) is 0 Å². The van der Waals surface area contributed by atoms with Gasteiger partial charge in [0.1, 0.15) is 5.75 Å². The van der Waals surface area contributed by atoms with Crippen molar-refractivity contribution in [3.05, 3.63) is 29.3 Å². The Morgan fingerprint density at radius 1 is 1.31 bits per heavy atom. The fourth-order valence-corrected chi connectivity index (χ4v) is 1.72. The molecule has 1 aromatic carbocycles. The Balaban J connectivity index is 2.73. The topological polar surface area (TPSA) is 49.7 Å². The minimum atomic E-state index is -0.685. The van der Waals surface area contributed by atoms with Crippen LogP contribution in [0.3, 0.4) is 0 Å². The van der Waals surface area contributed by atoms with Crippen molar-refractivity contribution in [2.45, 2.75) is 38.9 Å². The third kappa shape index (κ3) is 3.22. The SMILES string of the molecule is COc1cccc(C)c1CCC(O)C(C)O. The fraction of sp³-hybridized carbons (Fsp3) is 0.538. The average molecular weight is 224 g/mol. The second-order valence-corrected chi connectivity index (χ2v) is 4.10. The predicted octanol–water partition coefficient (Wildman–Crippen LogP) is 1.68. The lowest BCUT2D eigenvalue weighted by Crippen LogP contribution is -2.23. The molecule has 1 aromatic rings. The third-order valence-electron chi connectivity index (χ3n) is 2.83. The molecule has 2 atom stereocenters. The van der Waals surface area contributed by atoms with E-state index >= 15 is 0 Å². The molecule has 90 valence electrons. The van der Waals surface area contributed by atoms with E-state index < -0.39 is 12.2 Å². The molecule has 0 spiro atoms. The zero-order valence-electron chi connectivity index (χ0n) is 10.1. The Morgan fingerprint density at radius 2 is 2.00 bits per heavy atom. The van der Waals surface area contributed by atoms with Crippen LogP contribution in [-0.4, -0.2) is 29.5 Å². The van der Waals surface area contributed by atoms with E-state index in [1.165, 1.54) is 0 Å². The van der Waals surface area contributed by atoms with Crippen LogP contribution in [0.15, 0.2) is 18.2 Å². The van der Waals surface area contributed by atoms with Gasteiger partial charge in [-0.3, -0.25) is 0 Å². The lowest BCUT2D eigenvalue weighted by Gasteiger charge is -2.16. The van der Waals surface area contributed by atoms with Gasteiger partial charge in [-0.15, -0.1) is 0 Å². The van der Waals surface area contributed by atoms with Crippen LogP contribution in [0.25, 0.3) is 0 Å². The van der Waals surface area contributed by atoms with E-state index in [1.54, 1.807) is 14.0 Å². The van der Waals surface area contributed by atoms with E-state index in [0.717, 1.165) is 16.9 Å². The maximum Gasteiger partial charge on any atom is 0.122 e. The zero-order valence-corrected chi connectivity index (χ0v) is 10.1. The molecule has 2 unspecified atom stereocenters. The molecule has 0 bridgehead atoms. The summed E-state index contributed by atoms with van der Waals surface area (Å²) in [4.78, 5) is 0. The second kappa shape index (κ2) is 5.87. The van der Waals surface area contributed by atoms with Gasteiger partial charge in [0.15, 0.2) is 0 Å². The van der Waals surface area contributed by atoms with E-state index in [2.05, 4.69) is 0 Å². The zero-order chi connectivity index (χ0) is 12.1. The van der Waals surface area contributed by atoms with E-state index in [0.29, 0.717) is 12.8 Å². The van der Waals surface area contributed by atoms with Crippen molar-refractivity contribution in [3.63, 3.8) is 0 Å². The van der Waals surface area contributed by atoms with Crippen molar-refractivity contribution in [1.82, 2.24) is 0 Å². The van der Waals surface area contributed by atoms with Gasteiger partial charge in [-0.1, -0.05) is 12.1 Å². The number of hydrogen-bond donors (Lipinski definition) is 2. The molecule has 0 amide bonds. The first-order chi connectivity index (χ1) is 7.56. The number of ether oxygens (including phenoxy) is 1. The van der Waals surface area contributed by atoms with Gasteiger partial charge in [0.25, 0.3) is 0 Å². The Labute approximate surface area is 96.7 Å². The molecule has 0 aliphatic rings. The summed E-state index contributed by atoms with van der Waals surface area (Å²) in [6.07, 6.45) is -0.111. The van der Waals surface area contributed by atoms with Crippen molar-refractivity contribution in [1.29, 1.82) is 0 Å². The quantitative estimate of drug-likeness (QED) is 0.800. The maximum absolute atomic E-state index is 9.55. The van der Waals surface area contributed by atoms with Crippen molar-refractivity contribution in [2.75, 3.05) is 7.11 Å². The summed E-state index contributed by atoms with van der Waals surface area (Å²) in [6.45, 7) is 3.62. The van der Waals surface area contributed by atoms with Crippen molar-refractivity contribution in [3.8, 4) is 5.75 Å². The number of hydrogen-bond acceptors (Lipinski definition) is 3. The fourth-order valence-electron chi connectivity index (χ4n) is 1.72. The number of aliphatic hydroxyl groups excluding tert-OH is 2. The lowest BCUT2D eigenvalue weighted by atomic mass is 9.99. The first-order valence-electron chi connectivity index (χ1n) is 5.55. The molecule has 0 saturated carbocycles. The molecular formula is C13H20O3. The number of aliphatic hydroxyl groups is 2. The molecule has 3 heteroatoms. The largest absolute Gasteiger partial charge is 0.496 e. The number of methoxy groups -OCH3 is 1. The van der Waals surface area contributed by atoms with Gasteiger partial charge in [-0.25, -0.2) is 0 Å². The molecule has 0 aromatic heterocycles.